The van der Waals surface area contributed by atoms with Crippen LogP contribution in [0.5, 0.6) is 11.5 Å². The summed E-state index contributed by atoms with van der Waals surface area (Å²) in [6, 6.07) is 2.90. The second kappa shape index (κ2) is 12.3. The van der Waals surface area contributed by atoms with E-state index in [1.54, 1.807) is 11.9 Å². The molecule has 1 atom stereocenters. The van der Waals surface area contributed by atoms with Crippen molar-refractivity contribution in [1.29, 1.82) is 0 Å². The fourth-order valence-corrected chi connectivity index (χ4v) is 3.48. The Balaban J connectivity index is 3.39. The van der Waals surface area contributed by atoms with Crippen molar-refractivity contribution in [2.45, 2.75) is 51.2 Å². The Bertz CT molecular complexity index is 846. The molecule has 1 N–H and O–H groups in total. The van der Waals surface area contributed by atoms with Crippen LogP contribution in [0.15, 0.2) is 18.2 Å². The van der Waals surface area contributed by atoms with E-state index in [0.717, 1.165) is 12.1 Å². The van der Waals surface area contributed by atoms with Crippen molar-refractivity contribution in [2.75, 3.05) is 33.9 Å². The molecule has 0 radical (unpaired) electrons. The van der Waals surface area contributed by atoms with Gasteiger partial charge in [-0.2, -0.15) is 21.6 Å². The first kappa shape index (κ1) is 28.0. The summed E-state index contributed by atoms with van der Waals surface area (Å²) >= 11 is 0. The summed E-state index contributed by atoms with van der Waals surface area (Å²) in [6.45, 7) is 6.56. The van der Waals surface area contributed by atoms with Crippen molar-refractivity contribution in [3.63, 3.8) is 0 Å². The minimum absolute atomic E-state index is 0.00435. The number of halogens is 3. The molecule has 1 amide bonds. The molecule has 0 saturated heterocycles. The number of methoxy groups -OCH3 is 1. The Kier molecular flexibility index (Phi) is 10.7. The van der Waals surface area contributed by atoms with E-state index in [4.69, 9.17) is 9.47 Å². The molecule has 0 heterocycles. The van der Waals surface area contributed by atoms with Gasteiger partial charge in [0.15, 0.2) is 0 Å². The van der Waals surface area contributed by atoms with Crippen LogP contribution in [-0.4, -0.2) is 70.7 Å². The topological polar surface area (TPSA) is 94.2 Å². The summed E-state index contributed by atoms with van der Waals surface area (Å²) in [6.07, 6.45) is 1.10. The lowest BCUT2D eigenvalue weighted by atomic mass is 10.1. The summed E-state index contributed by atoms with van der Waals surface area (Å²) < 4.78 is 76.0. The molecule has 32 heavy (non-hydrogen) atoms. The van der Waals surface area contributed by atoms with Gasteiger partial charge in [0, 0.05) is 50.4 Å². The van der Waals surface area contributed by atoms with Gasteiger partial charge in [-0.25, -0.2) is 0 Å². The lowest BCUT2D eigenvalue weighted by Gasteiger charge is -2.35. The zero-order valence-electron chi connectivity index (χ0n) is 18.9. The summed E-state index contributed by atoms with van der Waals surface area (Å²) in [5.41, 5.74) is -5.67. The van der Waals surface area contributed by atoms with Crippen LogP contribution in [0.1, 0.15) is 44.0 Å². The Labute approximate surface area is 187 Å². The van der Waals surface area contributed by atoms with E-state index in [0.29, 0.717) is 26.0 Å². The molecule has 1 aromatic carbocycles. The van der Waals surface area contributed by atoms with Gasteiger partial charge < -0.3 is 23.9 Å². The zero-order valence-corrected chi connectivity index (χ0v) is 19.7. The van der Waals surface area contributed by atoms with Crippen LogP contribution in [0.25, 0.3) is 0 Å². The summed E-state index contributed by atoms with van der Waals surface area (Å²) in [4.78, 5) is 14.9. The van der Waals surface area contributed by atoms with Crippen molar-refractivity contribution in [1.82, 2.24) is 10.2 Å². The summed E-state index contributed by atoms with van der Waals surface area (Å²) in [5, 5.41) is 3.01. The quantitative estimate of drug-likeness (QED) is 0.261. The van der Waals surface area contributed by atoms with Gasteiger partial charge in [0.2, 0.25) is 0 Å². The second-order valence-corrected chi connectivity index (χ2v) is 8.83. The normalized spacial score (nSPS) is 13.2. The maximum atomic E-state index is 13.3. The van der Waals surface area contributed by atoms with Gasteiger partial charge in [0.25, 0.3) is 5.91 Å². The molecule has 0 aliphatic carbocycles. The smallest absolute Gasteiger partial charge is 0.493 e. The third-order valence-electron chi connectivity index (χ3n) is 4.47. The number of rotatable bonds is 13. The molecule has 0 bridgehead atoms. The van der Waals surface area contributed by atoms with Crippen LogP contribution in [0.3, 0.4) is 0 Å². The van der Waals surface area contributed by atoms with Crippen LogP contribution >= 0.6 is 0 Å². The van der Waals surface area contributed by atoms with E-state index in [1.807, 2.05) is 20.8 Å². The van der Waals surface area contributed by atoms with Crippen LogP contribution < -0.4 is 14.2 Å². The van der Waals surface area contributed by atoms with E-state index in [9.17, 15) is 26.4 Å². The molecule has 0 unspecified atom stereocenters. The average Bonchev–Trinajstić information content (AvgIpc) is 2.69. The monoisotopic (exact) mass is 484 g/mol. The van der Waals surface area contributed by atoms with Gasteiger partial charge in [-0.15, -0.1) is 0 Å². The first-order chi connectivity index (χ1) is 14.9. The largest absolute Gasteiger partial charge is 0.534 e. The zero-order chi connectivity index (χ0) is 24.5. The van der Waals surface area contributed by atoms with E-state index in [2.05, 4.69) is 9.50 Å². The number of carbonyl (C=O) groups is 1. The highest BCUT2D eigenvalue weighted by Crippen LogP contribution is 2.31. The Morgan fingerprint density at radius 3 is 2.28 bits per heavy atom. The summed E-state index contributed by atoms with van der Waals surface area (Å²) in [7, 11) is -2.67. The first-order valence-electron chi connectivity index (χ1n) is 10.1. The lowest BCUT2D eigenvalue weighted by molar-refractivity contribution is -0.0500. The lowest BCUT2D eigenvalue weighted by Crippen LogP contribution is -2.48. The maximum absolute atomic E-state index is 13.3. The van der Waals surface area contributed by atoms with Crippen LogP contribution in [-0.2, 0) is 14.9 Å². The molecular weight excluding hydrogens is 453 g/mol. The number of nitrogens with zero attached hydrogens (tertiary/aromatic N) is 1. The second-order valence-electron chi connectivity index (χ2n) is 7.30. The molecule has 0 fully saturated rings. The molecule has 0 aliphatic rings. The fourth-order valence-electron chi connectivity index (χ4n) is 3.04. The predicted molar refractivity (Wildman–Crippen MR) is 113 cm³/mol. The van der Waals surface area contributed by atoms with Gasteiger partial charge in [0.1, 0.15) is 11.5 Å². The van der Waals surface area contributed by atoms with Crippen molar-refractivity contribution < 1.29 is 40.0 Å². The number of carbonyl (C=O) groups excluding carboxylic acids is 1. The number of likely N-dealkylation sites (N-methyl/N-ethyl adjacent to an activating group) is 1. The Morgan fingerprint density at radius 2 is 1.78 bits per heavy atom. The number of ether oxygens (including phenoxy) is 2. The van der Waals surface area contributed by atoms with Gasteiger partial charge in [-0.05, 0) is 39.4 Å². The predicted octanol–water partition coefficient (Wildman–Crippen LogP) is 3.18. The number of alkyl halides is 3. The number of hydrogen-bond acceptors (Lipinski definition) is 7. The van der Waals surface area contributed by atoms with E-state index < -0.39 is 27.3 Å². The molecule has 0 aliphatic heterocycles. The van der Waals surface area contributed by atoms with Gasteiger partial charge in [-0.3, -0.25) is 4.79 Å². The van der Waals surface area contributed by atoms with E-state index >= 15 is 0 Å². The third-order valence-corrected chi connectivity index (χ3v) is 5.45. The van der Waals surface area contributed by atoms with Crippen molar-refractivity contribution >= 4 is 16.0 Å². The van der Waals surface area contributed by atoms with Crippen LogP contribution in [0.2, 0.25) is 0 Å². The molecule has 0 spiro atoms. The Morgan fingerprint density at radius 1 is 1.16 bits per heavy atom. The van der Waals surface area contributed by atoms with Crippen LogP contribution in [0.4, 0.5) is 13.2 Å². The fraction of sp³-hybridized carbons (Fsp3) is 0.650. The summed E-state index contributed by atoms with van der Waals surface area (Å²) in [5.74, 6) is -1.15. The molecule has 0 saturated carbocycles. The first-order valence-corrected chi connectivity index (χ1v) is 11.5. The Hall–Kier alpha value is -2.05. The highest BCUT2D eigenvalue weighted by molar-refractivity contribution is 7.88. The minimum Gasteiger partial charge on any atom is -0.493 e. The molecule has 1 aromatic rings. The SMILES string of the molecule is CC[C@H](CNC)N(C(=O)c1cc(OCCCOC)cc(OS(=O)(=O)C(F)(F)F)c1)C(C)C. The highest BCUT2D eigenvalue weighted by atomic mass is 32.2. The third kappa shape index (κ3) is 7.82. The van der Waals surface area contributed by atoms with Crippen molar-refractivity contribution in [3.05, 3.63) is 23.8 Å². The number of amides is 1. The van der Waals surface area contributed by atoms with Crippen molar-refractivity contribution in [3.8, 4) is 11.5 Å². The molecular formula is C20H31F3N2O6S. The number of hydrogen-bond donors (Lipinski definition) is 1. The average molecular weight is 485 g/mol. The highest BCUT2D eigenvalue weighted by Gasteiger charge is 2.48. The molecule has 1 rings (SSSR count). The molecule has 0 aromatic heterocycles. The minimum atomic E-state index is -5.92. The number of nitrogens with one attached hydrogen (secondary N) is 1. The van der Waals surface area contributed by atoms with Gasteiger partial charge in [0.05, 0.1) is 6.61 Å². The van der Waals surface area contributed by atoms with E-state index in [-0.39, 0.29) is 30.0 Å². The number of benzene rings is 1. The van der Waals surface area contributed by atoms with Crippen LogP contribution in [0, 0.1) is 0 Å². The van der Waals surface area contributed by atoms with Gasteiger partial charge >= 0.3 is 15.6 Å². The van der Waals surface area contributed by atoms with Crippen molar-refractivity contribution in [2.24, 2.45) is 0 Å². The molecule has 8 nitrogen and oxygen atoms in total. The maximum Gasteiger partial charge on any atom is 0.534 e. The van der Waals surface area contributed by atoms with Gasteiger partial charge in [-0.1, -0.05) is 6.92 Å². The molecule has 12 heteroatoms. The molecule has 184 valence electrons. The van der Waals surface area contributed by atoms with E-state index in [1.165, 1.54) is 13.2 Å². The standard InChI is InChI=1S/C20H31F3N2O6S/c1-6-16(13-24-4)25(14(2)3)19(26)15-10-17(30-9-7-8-29-5)12-18(11-15)31-32(27,28)20(21,22)23/h10-12,14,16,24H,6-9,13H2,1-5H3/t16-/m1/s1.